The summed E-state index contributed by atoms with van der Waals surface area (Å²) in [6.45, 7) is 0. The normalized spacial score (nSPS) is 17.6. The Morgan fingerprint density at radius 2 is 1.17 bits per heavy atom. The van der Waals surface area contributed by atoms with Crippen molar-refractivity contribution >= 4 is 5.97 Å². The first-order valence-corrected chi connectivity index (χ1v) is 8.23. The third-order valence-electron chi connectivity index (χ3n) is 4.72. The third-order valence-corrected chi connectivity index (χ3v) is 4.72. The number of rotatable bonds is 9. The molecular formula is C18H20O12. The fourth-order valence-electron chi connectivity index (χ4n) is 2.97. The first-order valence-electron chi connectivity index (χ1n) is 8.23. The summed E-state index contributed by atoms with van der Waals surface area (Å²) in [4.78, 5) is 17.9. The zero-order chi connectivity index (χ0) is 22.8. The Morgan fingerprint density at radius 3 is 1.47 bits per heavy atom. The molecular weight excluding hydrogens is 408 g/mol. The van der Waals surface area contributed by atoms with Gasteiger partial charge in [0.15, 0.2) is 6.10 Å². The van der Waals surface area contributed by atoms with E-state index >= 15 is 0 Å². The Kier molecular flexibility index (Phi) is 6.60. The predicted molar refractivity (Wildman–Crippen MR) is 94.0 cm³/mol. The van der Waals surface area contributed by atoms with E-state index in [1.807, 2.05) is 0 Å². The number of hydrogen-bond donors (Lipinski definition) is 9. The molecule has 0 bridgehead atoms. The van der Waals surface area contributed by atoms with Gasteiger partial charge < -0.3 is 35.7 Å². The minimum absolute atomic E-state index is 0.180. The SMILES string of the molecule is O=C(O)[C@](O)(OO)[C@@](O)(OO)C(O)(O)[C@H](O)C(O)(c1ccccc1)c1ccccc1. The molecule has 2 aromatic carbocycles. The molecule has 0 amide bonds. The summed E-state index contributed by atoms with van der Waals surface area (Å²) in [6.07, 6.45) is -3.03. The summed E-state index contributed by atoms with van der Waals surface area (Å²) in [5, 5.41) is 90.0. The van der Waals surface area contributed by atoms with Crippen LogP contribution in [0.15, 0.2) is 60.7 Å². The van der Waals surface area contributed by atoms with Crippen molar-refractivity contribution in [1.82, 2.24) is 0 Å². The Labute approximate surface area is 168 Å². The molecule has 0 aliphatic rings. The van der Waals surface area contributed by atoms with E-state index in [4.69, 9.17) is 15.6 Å². The summed E-state index contributed by atoms with van der Waals surface area (Å²) in [5.41, 5.74) is -3.16. The molecule has 0 aliphatic heterocycles. The molecule has 12 nitrogen and oxygen atoms in total. The van der Waals surface area contributed by atoms with E-state index in [2.05, 4.69) is 9.78 Å². The minimum atomic E-state index is -4.56. The highest BCUT2D eigenvalue weighted by Crippen LogP contribution is 2.43. The van der Waals surface area contributed by atoms with Crippen molar-refractivity contribution < 1.29 is 60.8 Å². The van der Waals surface area contributed by atoms with E-state index in [0.29, 0.717) is 0 Å². The monoisotopic (exact) mass is 428 g/mol. The molecule has 9 N–H and O–H groups in total. The number of aliphatic hydroxyl groups is 6. The highest BCUT2D eigenvalue weighted by molar-refractivity contribution is 5.77. The topological polar surface area (TPSA) is 218 Å². The highest BCUT2D eigenvalue weighted by Gasteiger charge is 2.75. The Hall–Kier alpha value is -2.49. The third kappa shape index (κ3) is 3.36. The second-order valence-corrected chi connectivity index (χ2v) is 6.40. The molecule has 0 spiro atoms. The van der Waals surface area contributed by atoms with Crippen molar-refractivity contribution in [1.29, 1.82) is 0 Å². The van der Waals surface area contributed by atoms with Crippen molar-refractivity contribution in [3.05, 3.63) is 71.8 Å². The number of aliphatic hydroxyl groups excluding tert-OH is 1. The summed E-state index contributed by atoms with van der Waals surface area (Å²) >= 11 is 0. The smallest absolute Gasteiger partial charge is 0.373 e. The van der Waals surface area contributed by atoms with Crippen LogP contribution in [0.3, 0.4) is 0 Å². The van der Waals surface area contributed by atoms with Gasteiger partial charge >= 0.3 is 17.5 Å². The maximum Gasteiger partial charge on any atom is 0.373 e. The van der Waals surface area contributed by atoms with Gasteiger partial charge in [0.25, 0.3) is 5.79 Å². The Bertz CT molecular complexity index is 818. The molecule has 30 heavy (non-hydrogen) atoms. The number of carbonyl (C=O) groups is 1. The lowest BCUT2D eigenvalue weighted by Gasteiger charge is -2.48. The molecule has 2 aromatic rings. The second kappa shape index (κ2) is 8.33. The zero-order valence-corrected chi connectivity index (χ0v) is 15.1. The van der Waals surface area contributed by atoms with Crippen LogP contribution in [0, 0.1) is 0 Å². The largest absolute Gasteiger partial charge is 0.477 e. The first kappa shape index (κ1) is 23.8. The van der Waals surface area contributed by atoms with Gasteiger partial charge in [0.05, 0.1) is 0 Å². The van der Waals surface area contributed by atoms with Crippen molar-refractivity contribution in [2.24, 2.45) is 0 Å². The number of carboxylic acids is 1. The average Bonchev–Trinajstić information content (AvgIpc) is 2.77. The summed E-state index contributed by atoms with van der Waals surface area (Å²) in [6, 6.07) is 13.7. The number of hydrogen-bond acceptors (Lipinski definition) is 11. The van der Waals surface area contributed by atoms with Crippen LogP contribution >= 0.6 is 0 Å². The summed E-state index contributed by atoms with van der Waals surface area (Å²) < 4.78 is 0. The molecule has 3 atom stereocenters. The molecule has 164 valence electrons. The average molecular weight is 428 g/mol. The van der Waals surface area contributed by atoms with Gasteiger partial charge in [-0.15, -0.1) is 0 Å². The van der Waals surface area contributed by atoms with E-state index in [1.165, 1.54) is 60.7 Å². The zero-order valence-electron chi connectivity index (χ0n) is 15.1. The van der Waals surface area contributed by atoms with Crippen molar-refractivity contribution in [2.75, 3.05) is 0 Å². The van der Waals surface area contributed by atoms with Gasteiger partial charge in [-0.25, -0.2) is 15.3 Å². The van der Waals surface area contributed by atoms with Crippen LogP contribution in [-0.2, 0) is 20.2 Å². The van der Waals surface area contributed by atoms with Gasteiger partial charge in [-0.3, -0.25) is 0 Å². The first-order chi connectivity index (χ1) is 13.9. The van der Waals surface area contributed by atoms with Crippen LogP contribution in [0.5, 0.6) is 0 Å². The van der Waals surface area contributed by atoms with Crippen LogP contribution in [0.4, 0.5) is 0 Å². The molecule has 0 fully saturated rings. The van der Waals surface area contributed by atoms with Crippen LogP contribution in [0.25, 0.3) is 0 Å². The summed E-state index contributed by atoms with van der Waals surface area (Å²) in [5.74, 6) is -16.1. The van der Waals surface area contributed by atoms with Gasteiger partial charge in [0, 0.05) is 0 Å². The van der Waals surface area contributed by atoms with E-state index in [-0.39, 0.29) is 11.1 Å². The van der Waals surface area contributed by atoms with Gasteiger partial charge in [-0.05, 0) is 11.1 Å². The fraction of sp³-hybridized carbons (Fsp3) is 0.278. The van der Waals surface area contributed by atoms with E-state index in [1.54, 1.807) is 0 Å². The number of benzene rings is 2. The quantitative estimate of drug-likeness (QED) is 0.125. The predicted octanol–water partition coefficient (Wildman–Crippen LogP) is -1.59. The molecule has 0 radical (unpaired) electrons. The lowest BCUT2D eigenvalue weighted by molar-refractivity contribution is -0.569. The fourth-order valence-corrected chi connectivity index (χ4v) is 2.97. The molecule has 0 heterocycles. The Morgan fingerprint density at radius 1 is 0.767 bits per heavy atom. The second-order valence-electron chi connectivity index (χ2n) is 6.40. The summed E-state index contributed by atoms with van der Waals surface area (Å²) in [7, 11) is 0. The lowest BCUT2D eigenvalue weighted by Crippen LogP contribution is -2.78. The lowest BCUT2D eigenvalue weighted by atomic mass is 9.75. The van der Waals surface area contributed by atoms with Crippen LogP contribution in [0.1, 0.15) is 11.1 Å². The molecule has 0 saturated heterocycles. The minimum Gasteiger partial charge on any atom is -0.477 e. The van der Waals surface area contributed by atoms with E-state index in [9.17, 15) is 35.4 Å². The molecule has 0 aromatic heterocycles. The van der Waals surface area contributed by atoms with Gasteiger partial charge in [-0.1, -0.05) is 60.7 Å². The maximum atomic E-state index is 11.3. The van der Waals surface area contributed by atoms with Crippen molar-refractivity contribution in [3.63, 3.8) is 0 Å². The van der Waals surface area contributed by atoms with Gasteiger partial charge in [0.2, 0.25) is 0 Å². The molecule has 0 saturated carbocycles. The Balaban J connectivity index is 2.75. The van der Waals surface area contributed by atoms with Crippen LogP contribution in [-0.4, -0.2) is 75.7 Å². The number of aliphatic carboxylic acids is 1. The molecule has 0 unspecified atom stereocenters. The highest BCUT2D eigenvalue weighted by atomic mass is 17.2. The number of carboxylic acid groups (broad SMARTS) is 1. The van der Waals surface area contributed by atoms with Crippen LogP contribution < -0.4 is 0 Å². The molecule has 0 aliphatic carbocycles. The van der Waals surface area contributed by atoms with Crippen molar-refractivity contribution in [3.8, 4) is 0 Å². The van der Waals surface area contributed by atoms with E-state index < -0.39 is 35.0 Å². The van der Waals surface area contributed by atoms with Crippen molar-refractivity contribution in [2.45, 2.75) is 29.1 Å². The standard InChI is InChI=1S/C18H20O12/c19-13(16(23,24)18(26,30-28)17(25,29-27)14(20)21)15(22,11-7-3-1-4-8-11)12-9-5-2-6-10-12/h1-10,13,19,22-28H,(H,20,21)/t13-,17+,18+/m1/s1. The molecule has 2 rings (SSSR count). The molecule has 12 heteroatoms. The van der Waals surface area contributed by atoms with Crippen LogP contribution in [0.2, 0.25) is 0 Å². The van der Waals surface area contributed by atoms with Gasteiger partial charge in [-0.2, -0.15) is 9.78 Å². The van der Waals surface area contributed by atoms with E-state index in [0.717, 1.165) is 0 Å². The van der Waals surface area contributed by atoms with Gasteiger partial charge in [0.1, 0.15) is 5.60 Å². The maximum absolute atomic E-state index is 11.3.